The summed E-state index contributed by atoms with van der Waals surface area (Å²) >= 11 is 0. The Morgan fingerprint density at radius 1 is 1.32 bits per heavy atom. The maximum absolute atomic E-state index is 4.97. The van der Waals surface area contributed by atoms with E-state index >= 15 is 0 Å². The summed E-state index contributed by atoms with van der Waals surface area (Å²) in [6.45, 7) is 8.79. The summed E-state index contributed by atoms with van der Waals surface area (Å²) in [6, 6.07) is 1.37. The van der Waals surface area contributed by atoms with Gasteiger partial charge in [0.15, 0.2) is 5.96 Å². The van der Waals surface area contributed by atoms with Crippen LogP contribution in [-0.2, 0) is 0 Å². The number of nitrogens with one attached hydrogen (secondary N) is 1. The van der Waals surface area contributed by atoms with E-state index in [1.807, 2.05) is 0 Å². The van der Waals surface area contributed by atoms with Crippen LogP contribution >= 0.6 is 0 Å². The Morgan fingerprint density at radius 3 is 2.68 bits per heavy atom. The Balaban J connectivity index is 1.58. The molecule has 1 atom stereocenters. The third-order valence-electron chi connectivity index (χ3n) is 6.06. The van der Waals surface area contributed by atoms with Gasteiger partial charge in [0.05, 0.1) is 6.54 Å². The first kappa shape index (κ1) is 16.1. The average Bonchev–Trinajstić information content (AvgIpc) is 3.15. The molecule has 1 heterocycles. The molecule has 4 nitrogen and oxygen atoms in total. The fourth-order valence-corrected chi connectivity index (χ4v) is 4.26. The van der Waals surface area contributed by atoms with Gasteiger partial charge in [-0.25, -0.2) is 0 Å². The second-order valence-electron chi connectivity index (χ2n) is 7.82. The molecule has 0 bridgehead atoms. The molecular formula is C18H34N4. The van der Waals surface area contributed by atoms with Gasteiger partial charge in [-0.05, 0) is 58.4 Å². The summed E-state index contributed by atoms with van der Waals surface area (Å²) < 4.78 is 0. The van der Waals surface area contributed by atoms with E-state index in [0.717, 1.165) is 25.1 Å². The van der Waals surface area contributed by atoms with Crippen LogP contribution in [0.15, 0.2) is 4.99 Å². The van der Waals surface area contributed by atoms with Crippen molar-refractivity contribution in [2.75, 3.05) is 33.2 Å². The highest BCUT2D eigenvalue weighted by molar-refractivity contribution is 5.80. The van der Waals surface area contributed by atoms with Crippen LogP contribution < -0.4 is 5.32 Å². The summed E-state index contributed by atoms with van der Waals surface area (Å²) in [4.78, 5) is 10.0. The second kappa shape index (κ2) is 6.77. The Kier molecular flexibility index (Phi) is 4.96. The van der Waals surface area contributed by atoms with Gasteiger partial charge in [0.2, 0.25) is 0 Å². The first-order valence-corrected chi connectivity index (χ1v) is 9.39. The maximum atomic E-state index is 4.97. The molecule has 3 fully saturated rings. The molecule has 22 heavy (non-hydrogen) atoms. The summed E-state index contributed by atoms with van der Waals surface area (Å²) in [5.74, 6) is 1.15. The first-order valence-electron chi connectivity index (χ1n) is 9.39. The van der Waals surface area contributed by atoms with Gasteiger partial charge in [-0.1, -0.05) is 12.8 Å². The maximum Gasteiger partial charge on any atom is 0.193 e. The summed E-state index contributed by atoms with van der Waals surface area (Å²) in [7, 11) is 2.26. The zero-order chi connectivity index (χ0) is 15.6. The van der Waals surface area contributed by atoms with Crippen LogP contribution in [0.1, 0.15) is 58.8 Å². The molecule has 1 saturated heterocycles. The third kappa shape index (κ3) is 3.58. The van der Waals surface area contributed by atoms with Crippen LogP contribution in [0.5, 0.6) is 0 Å². The number of likely N-dealkylation sites (N-methyl/N-ethyl adjacent to an activating group) is 1. The van der Waals surface area contributed by atoms with E-state index in [-0.39, 0.29) is 0 Å². The molecule has 0 radical (unpaired) electrons. The molecule has 126 valence electrons. The van der Waals surface area contributed by atoms with Gasteiger partial charge in [-0.2, -0.15) is 0 Å². The number of hydrogen-bond donors (Lipinski definition) is 1. The molecule has 4 heteroatoms. The molecule has 0 aromatic heterocycles. The molecule has 1 N–H and O–H groups in total. The topological polar surface area (TPSA) is 30.9 Å². The van der Waals surface area contributed by atoms with Gasteiger partial charge in [-0.15, -0.1) is 0 Å². The summed E-state index contributed by atoms with van der Waals surface area (Å²) in [5, 5.41) is 3.53. The van der Waals surface area contributed by atoms with Crippen molar-refractivity contribution in [3.05, 3.63) is 0 Å². The minimum Gasteiger partial charge on any atom is -0.357 e. The summed E-state index contributed by atoms with van der Waals surface area (Å²) in [6.07, 6.45) is 9.86. The van der Waals surface area contributed by atoms with Gasteiger partial charge in [0.25, 0.3) is 0 Å². The van der Waals surface area contributed by atoms with Crippen LogP contribution in [-0.4, -0.2) is 61.1 Å². The van der Waals surface area contributed by atoms with Crippen LogP contribution in [0.2, 0.25) is 0 Å². The van der Waals surface area contributed by atoms with Crippen molar-refractivity contribution in [1.82, 2.24) is 15.1 Å². The highest BCUT2D eigenvalue weighted by atomic mass is 15.3. The van der Waals surface area contributed by atoms with Crippen molar-refractivity contribution in [1.29, 1.82) is 0 Å². The zero-order valence-corrected chi connectivity index (χ0v) is 14.8. The lowest BCUT2D eigenvalue weighted by atomic mass is 9.86. The average molecular weight is 306 g/mol. The quantitative estimate of drug-likeness (QED) is 0.626. The van der Waals surface area contributed by atoms with E-state index in [1.54, 1.807) is 0 Å². The number of rotatable bonds is 5. The van der Waals surface area contributed by atoms with E-state index in [0.29, 0.717) is 11.5 Å². The molecule has 1 unspecified atom stereocenters. The minimum atomic E-state index is 0.546. The van der Waals surface area contributed by atoms with Crippen molar-refractivity contribution in [2.24, 2.45) is 10.4 Å². The molecule has 0 aromatic rings. The molecule has 2 aliphatic carbocycles. The molecule has 0 aromatic carbocycles. The highest BCUT2D eigenvalue weighted by Gasteiger charge is 2.41. The van der Waals surface area contributed by atoms with Crippen molar-refractivity contribution in [2.45, 2.75) is 70.9 Å². The molecular weight excluding hydrogens is 272 g/mol. The van der Waals surface area contributed by atoms with Crippen LogP contribution in [0, 0.1) is 5.41 Å². The SMILES string of the molecule is CCNC(=NCC(C)N(C)C1CC1)N1CCC2(CCCC2)C1. The van der Waals surface area contributed by atoms with Gasteiger partial charge >= 0.3 is 0 Å². The number of aliphatic imine (C=N–C) groups is 1. The third-order valence-corrected chi connectivity index (χ3v) is 6.06. The number of hydrogen-bond acceptors (Lipinski definition) is 2. The minimum absolute atomic E-state index is 0.546. The van der Waals surface area contributed by atoms with Crippen molar-refractivity contribution < 1.29 is 0 Å². The van der Waals surface area contributed by atoms with Crippen LogP contribution in [0.25, 0.3) is 0 Å². The van der Waals surface area contributed by atoms with Gasteiger partial charge < -0.3 is 10.2 Å². The Hall–Kier alpha value is -0.770. The van der Waals surface area contributed by atoms with Crippen molar-refractivity contribution >= 4 is 5.96 Å². The highest BCUT2D eigenvalue weighted by Crippen LogP contribution is 2.45. The van der Waals surface area contributed by atoms with Crippen molar-refractivity contribution in [3.63, 3.8) is 0 Å². The molecule has 0 amide bonds. The van der Waals surface area contributed by atoms with Crippen LogP contribution in [0.4, 0.5) is 0 Å². The Labute approximate surface area is 136 Å². The zero-order valence-electron chi connectivity index (χ0n) is 14.8. The monoisotopic (exact) mass is 306 g/mol. The Morgan fingerprint density at radius 2 is 2.05 bits per heavy atom. The fraction of sp³-hybridized carbons (Fsp3) is 0.944. The lowest BCUT2D eigenvalue weighted by molar-refractivity contribution is 0.252. The smallest absolute Gasteiger partial charge is 0.193 e. The second-order valence-corrected chi connectivity index (χ2v) is 7.82. The van der Waals surface area contributed by atoms with E-state index in [1.165, 1.54) is 58.0 Å². The lowest BCUT2D eigenvalue weighted by Crippen LogP contribution is -2.42. The molecule has 1 aliphatic heterocycles. The normalized spacial score (nSPS) is 26.2. The van der Waals surface area contributed by atoms with E-state index in [2.05, 4.69) is 36.0 Å². The largest absolute Gasteiger partial charge is 0.357 e. The molecule has 3 aliphatic rings. The number of guanidine groups is 1. The number of likely N-dealkylation sites (tertiary alicyclic amines) is 1. The van der Waals surface area contributed by atoms with E-state index < -0.39 is 0 Å². The molecule has 1 spiro atoms. The first-order chi connectivity index (χ1) is 10.6. The lowest BCUT2D eigenvalue weighted by Gasteiger charge is -2.27. The Bertz CT molecular complexity index is 396. The van der Waals surface area contributed by atoms with Gasteiger partial charge in [-0.3, -0.25) is 9.89 Å². The summed E-state index contributed by atoms with van der Waals surface area (Å²) in [5.41, 5.74) is 0.618. The predicted molar refractivity (Wildman–Crippen MR) is 93.3 cm³/mol. The van der Waals surface area contributed by atoms with E-state index in [9.17, 15) is 0 Å². The van der Waals surface area contributed by atoms with E-state index in [4.69, 9.17) is 4.99 Å². The predicted octanol–water partition coefficient (Wildman–Crippen LogP) is 2.70. The molecule has 2 saturated carbocycles. The van der Waals surface area contributed by atoms with Gasteiger partial charge in [0, 0.05) is 31.7 Å². The fourth-order valence-electron chi connectivity index (χ4n) is 4.26. The standard InChI is InChI=1S/C18H34N4/c1-4-19-17(20-13-15(2)21(3)16-7-8-16)22-12-11-18(14-22)9-5-6-10-18/h15-16H,4-14H2,1-3H3,(H,19,20). The number of nitrogens with zero attached hydrogens (tertiary/aromatic N) is 3. The van der Waals surface area contributed by atoms with Crippen LogP contribution in [0.3, 0.4) is 0 Å². The van der Waals surface area contributed by atoms with Crippen molar-refractivity contribution in [3.8, 4) is 0 Å². The molecule has 3 rings (SSSR count). The van der Waals surface area contributed by atoms with Gasteiger partial charge in [0.1, 0.15) is 0 Å².